The zero-order chi connectivity index (χ0) is 31.3. The fourth-order valence-corrected chi connectivity index (χ4v) is 7.99. The Bertz CT molecular complexity index is 2030. The molecule has 2 atom stereocenters. The maximum absolute atomic E-state index is 2.48. The van der Waals surface area contributed by atoms with Gasteiger partial charge in [-0.15, -0.1) is 11.3 Å². The van der Waals surface area contributed by atoms with E-state index in [1.165, 1.54) is 65.9 Å². The van der Waals surface area contributed by atoms with Gasteiger partial charge in [0.25, 0.3) is 0 Å². The minimum atomic E-state index is 0.318. The second kappa shape index (κ2) is 13.8. The van der Waals surface area contributed by atoms with Crippen molar-refractivity contribution in [1.82, 2.24) is 0 Å². The minimum Gasteiger partial charge on any atom is -0.309 e. The van der Waals surface area contributed by atoms with Crippen molar-refractivity contribution in [3.05, 3.63) is 169 Å². The van der Waals surface area contributed by atoms with Gasteiger partial charge in [-0.2, -0.15) is 0 Å². The summed E-state index contributed by atoms with van der Waals surface area (Å²) in [6, 6.07) is 44.6. The van der Waals surface area contributed by atoms with Gasteiger partial charge in [-0.05, 0) is 84.2 Å². The molecule has 1 heterocycles. The Labute approximate surface area is 277 Å². The predicted octanol–water partition coefficient (Wildman–Crippen LogP) is 13.0. The molecule has 5 aromatic carbocycles. The minimum absolute atomic E-state index is 0.318. The Hall–Kier alpha value is -4.66. The SMILES string of the molecule is CC/C=C\CCCc1ccc(N(C2=CC(C)C(c3cccc(-c4ccccc4)c3)C=C2)c2cccc3c2sc2ccccc23)cc1. The van der Waals surface area contributed by atoms with E-state index in [-0.39, 0.29) is 0 Å². The zero-order valence-corrected chi connectivity index (χ0v) is 27.6. The molecule has 0 amide bonds. The van der Waals surface area contributed by atoms with E-state index in [0.717, 1.165) is 19.3 Å². The van der Waals surface area contributed by atoms with Crippen molar-refractivity contribution in [2.24, 2.45) is 5.92 Å². The van der Waals surface area contributed by atoms with E-state index in [4.69, 9.17) is 0 Å². The van der Waals surface area contributed by atoms with Crippen LogP contribution in [0.1, 0.15) is 50.2 Å². The molecule has 228 valence electrons. The van der Waals surface area contributed by atoms with Crippen molar-refractivity contribution in [1.29, 1.82) is 0 Å². The molecule has 0 radical (unpaired) electrons. The standard InChI is InChI=1S/C44H41NS/c1-3-4-5-6-8-15-33-24-26-37(27-25-33)45(42-22-14-21-41-40-20-11-12-23-43(40)46-44(41)42)38-28-29-39(32(2)30-38)36-19-13-18-35(31-36)34-16-9-7-10-17-34/h4-5,7,9-14,16-32,39H,3,6,8,15H2,1-2H3/b5-4-. The maximum atomic E-state index is 2.48. The summed E-state index contributed by atoms with van der Waals surface area (Å²) in [5.74, 6) is 0.657. The highest BCUT2D eigenvalue weighted by Gasteiger charge is 2.25. The summed E-state index contributed by atoms with van der Waals surface area (Å²) in [4.78, 5) is 2.48. The van der Waals surface area contributed by atoms with E-state index in [1.807, 2.05) is 11.3 Å². The highest BCUT2D eigenvalue weighted by atomic mass is 32.1. The van der Waals surface area contributed by atoms with Gasteiger partial charge in [-0.3, -0.25) is 0 Å². The van der Waals surface area contributed by atoms with Crippen LogP contribution in [-0.2, 0) is 6.42 Å². The Balaban J connectivity index is 1.24. The van der Waals surface area contributed by atoms with Gasteiger partial charge in [-0.25, -0.2) is 0 Å². The first-order valence-corrected chi connectivity index (χ1v) is 17.5. The molecule has 1 aromatic heterocycles. The average Bonchev–Trinajstić information content (AvgIpc) is 3.49. The monoisotopic (exact) mass is 615 g/mol. The number of allylic oxidation sites excluding steroid dienone is 5. The fraction of sp³-hybridized carbons (Fsp3) is 0.182. The highest BCUT2D eigenvalue weighted by molar-refractivity contribution is 7.26. The molecule has 7 rings (SSSR count). The lowest BCUT2D eigenvalue weighted by Crippen LogP contribution is -2.20. The summed E-state index contributed by atoms with van der Waals surface area (Å²) in [5, 5.41) is 2.65. The number of anilines is 2. The van der Waals surface area contributed by atoms with Crippen LogP contribution in [0.4, 0.5) is 11.4 Å². The number of benzene rings is 5. The first kappa shape index (κ1) is 30.0. The summed E-state index contributed by atoms with van der Waals surface area (Å²) in [6.45, 7) is 4.55. The highest BCUT2D eigenvalue weighted by Crippen LogP contribution is 2.45. The number of aryl methyl sites for hydroxylation is 1. The van der Waals surface area contributed by atoms with Crippen molar-refractivity contribution >= 4 is 42.9 Å². The molecule has 6 aromatic rings. The Morgan fingerprint density at radius 3 is 2.33 bits per heavy atom. The summed E-state index contributed by atoms with van der Waals surface area (Å²) < 4.78 is 2.66. The lowest BCUT2D eigenvalue weighted by Gasteiger charge is -2.32. The molecule has 46 heavy (non-hydrogen) atoms. The van der Waals surface area contributed by atoms with Crippen LogP contribution in [0.5, 0.6) is 0 Å². The van der Waals surface area contributed by atoms with Gasteiger partial charge in [0.15, 0.2) is 0 Å². The van der Waals surface area contributed by atoms with Crippen molar-refractivity contribution in [2.75, 3.05) is 4.90 Å². The third-order valence-corrected chi connectivity index (χ3v) is 10.4. The van der Waals surface area contributed by atoms with Crippen LogP contribution in [-0.4, -0.2) is 0 Å². The van der Waals surface area contributed by atoms with Crippen molar-refractivity contribution in [3.63, 3.8) is 0 Å². The number of unbranched alkanes of at least 4 members (excludes halogenated alkanes) is 1. The first-order chi connectivity index (χ1) is 22.7. The predicted molar refractivity (Wildman–Crippen MR) is 201 cm³/mol. The quantitative estimate of drug-likeness (QED) is 0.109. The molecule has 0 N–H and O–H groups in total. The zero-order valence-electron chi connectivity index (χ0n) is 26.8. The van der Waals surface area contributed by atoms with Crippen molar-refractivity contribution < 1.29 is 0 Å². The van der Waals surface area contributed by atoms with E-state index in [2.05, 4.69) is 170 Å². The normalized spacial score (nSPS) is 16.3. The van der Waals surface area contributed by atoms with E-state index >= 15 is 0 Å². The molecule has 0 saturated carbocycles. The van der Waals surface area contributed by atoms with Crippen LogP contribution in [0.15, 0.2) is 157 Å². The summed E-state index contributed by atoms with van der Waals surface area (Å²) in [7, 11) is 0. The van der Waals surface area contributed by atoms with Crippen molar-refractivity contribution in [2.45, 2.75) is 45.4 Å². The van der Waals surface area contributed by atoms with Gasteiger partial charge >= 0.3 is 0 Å². The van der Waals surface area contributed by atoms with Crippen LogP contribution in [0, 0.1) is 5.92 Å². The molecule has 0 aliphatic heterocycles. The van der Waals surface area contributed by atoms with Gasteiger partial charge in [0.05, 0.1) is 10.4 Å². The summed E-state index contributed by atoms with van der Waals surface area (Å²) >= 11 is 1.89. The fourth-order valence-electron chi connectivity index (χ4n) is 6.78. The van der Waals surface area contributed by atoms with Gasteiger partial charge < -0.3 is 4.90 Å². The number of rotatable bonds is 10. The molecule has 1 aliphatic carbocycles. The average molecular weight is 616 g/mol. The molecule has 0 fully saturated rings. The third kappa shape index (κ3) is 6.23. The van der Waals surface area contributed by atoms with Gasteiger partial charge in [0, 0.05) is 32.8 Å². The number of hydrogen-bond acceptors (Lipinski definition) is 2. The van der Waals surface area contributed by atoms with Gasteiger partial charge in [0.2, 0.25) is 0 Å². The molecule has 2 heteroatoms. The first-order valence-electron chi connectivity index (χ1n) is 16.7. The topological polar surface area (TPSA) is 3.24 Å². The van der Waals surface area contributed by atoms with Gasteiger partial charge in [0.1, 0.15) is 0 Å². The van der Waals surface area contributed by atoms with Gasteiger partial charge in [-0.1, -0.05) is 135 Å². The lowest BCUT2D eigenvalue weighted by molar-refractivity contribution is 0.628. The maximum Gasteiger partial charge on any atom is 0.0640 e. The van der Waals surface area contributed by atoms with Crippen LogP contribution in [0.3, 0.4) is 0 Å². The Morgan fingerprint density at radius 2 is 1.50 bits per heavy atom. The van der Waals surface area contributed by atoms with Crippen LogP contribution in [0.25, 0.3) is 31.3 Å². The molecule has 0 spiro atoms. The van der Waals surface area contributed by atoms with E-state index in [1.54, 1.807) is 0 Å². The Kier molecular flexibility index (Phi) is 8.98. The number of fused-ring (bicyclic) bond motifs is 3. The molecule has 2 unspecified atom stereocenters. The van der Waals surface area contributed by atoms with Crippen LogP contribution < -0.4 is 4.90 Å². The van der Waals surface area contributed by atoms with E-state index in [0.29, 0.717) is 11.8 Å². The number of hydrogen-bond donors (Lipinski definition) is 0. The molecule has 0 saturated heterocycles. The largest absolute Gasteiger partial charge is 0.309 e. The van der Waals surface area contributed by atoms with E-state index in [9.17, 15) is 0 Å². The molecule has 1 aliphatic rings. The molecular formula is C44H41NS. The number of nitrogens with zero attached hydrogens (tertiary/aromatic N) is 1. The smallest absolute Gasteiger partial charge is 0.0640 e. The molecular weight excluding hydrogens is 575 g/mol. The third-order valence-electron chi connectivity index (χ3n) is 9.17. The summed E-state index contributed by atoms with van der Waals surface area (Å²) in [6.07, 6.45) is 16.4. The number of thiophene rings is 1. The Morgan fingerprint density at radius 1 is 0.739 bits per heavy atom. The summed E-state index contributed by atoms with van der Waals surface area (Å²) in [5.41, 5.74) is 8.95. The van der Waals surface area contributed by atoms with Crippen LogP contribution >= 0.6 is 11.3 Å². The van der Waals surface area contributed by atoms with E-state index < -0.39 is 0 Å². The van der Waals surface area contributed by atoms with Crippen LogP contribution in [0.2, 0.25) is 0 Å². The van der Waals surface area contributed by atoms with Crippen molar-refractivity contribution in [3.8, 4) is 11.1 Å². The molecule has 0 bridgehead atoms. The second-order valence-electron chi connectivity index (χ2n) is 12.4. The molecule has 1 nitrogen and oxygen atoms in total. The lowest BCUT2D eigenvalue weighted by atomic mass is 9.82. The second-order valence-corrected chi connectivity index (χ2v) is 13.4.